The number of benzene rings is 2. The van der Waals surface area contributed by atoms with Gasteiger partial charge in [-0.1, -0.05) is 35.9 Å². The van der Waals surface area contributed by atoms with Gasteiger partial charge in [0.1, 0.15) is 11.9 Å². The minimum Gasteiger partial charge on any atom is -0.354 e. The van der Waals surface area contributed by atoms with E-state index in [1.807, 2.05) is 48.5 Å². The van der Waals surface area contributed by atoms with Gasteiger partial charge in [-0.25, -0.2) is 9.97 Å². The fourth-order valence-corrected chi connectivity index (χ4v) is 3.20. The maximum Gasteiger partial charge on any atom is 0.255 e. The number of halogens is 1. The first kappa shape index (κ1) is 19.8. The Morgan fingerprint density at radius 3 is 2.37 bits per heavy atom. The summed E-state index contributed by atoms with van der Waals surface area (Å²) >= 11 is 6.17. The first-order chi connectivity index (χ1) is 14.6. The fraction of sp³-hybridized carbons (Fsp3) is 0.182. The molecule has 2 aromatic carbocycles. The van der Waals surface area contributed by atoms with Crippen LogP contribution in [-0.4, -0.2) is 27.3 Å². The summed E-state index contributed by atoms with van der Waals surface area (Å²) in [6, 6.07) is 15.2. The van der Waals surface area contributed by atoms with Crippen LogP contribution in [0.4, 0.5) is 11.4 Å². The smallest absolute Gasteiger partial charge is 0.255 e. The summed E-state index contributed by atoms with van der Waals surface area (Å²) in [5, 5.41) is 9.62. The molecular formula is C22H20ClN5O2. The lowest BCUT2D eigenvalue weighted by atomic mass is 10.1. The zero-order valence-corrected chi connectivity index (χ0v) is 16.8. The van der Waals surface area contributed by atoms with Crippen molar-refractivity contribution < 1.29 is 9.59 Å². The number of nitrogens with zero attached hydrogens (tertiary/aromatic N) is 2. The fourth-order valence-electron chi connectivity index (χ4n) is 3.02. The largest absolute Gasteiger partial charge is 0.354 e. The number of anilines is 2. The minimum atomic E-state index is -0.849. The van der Waals surface area contributed by atoms with E-state index in [0.717, 1.165) is 16.9 Å². The van der Waals surface area contributed by atoms with E-state index in [2.05, 4.69) is 25.9 Å². The molecule has 1 saturated carbocycles. The Morgan fingerprint density at radius 1 is 1.00 bits per heavy atom. The molecule has 152 valence electrons. The van der Waals surface area contributed by atoms with E-state index in [1.165, 1.54) is 18.7 Å². The molecule has 3 N–H and O–H groups in total. The number of amides is 2. The van der Waals surface area contributed by atoms with Crippen LogP contribution in [0.1, 0.15) is 28.8 Å². The molecule has 0 bridgehead atoms. The normalized spacial score (nSPS) is 13.9. The highest BCUT2D eigenvalue weighted by Crippen LogP contribution is 2.36. The van der Waals surface area contributed by atoms with Crippen LogP contribution >= 0.6 is 11.6 Å². The van der Waals surface area contributed by atoms with E-state index >= 15 is 0 Å². The monoisotopic (exact) mass is 421 g/mol. The summed E-state index contributed by atoms with van der Waals surface area (Å²) in [6.07, 6.45) is 5.42. The highest BCUT2D eigenvalue weighted by atomic mass is 35.5. The maximum atomic E-state index is 12.6. The first-order valence-corrected chi connectivity index (χ1v) is 9.90. The average Bonchev–Trinajstić information content (AvgIpc) is 3.56. The van der Waals surface area contributed by atoms with Crippen LogP contribution in [0.5, 0.6) is 0 Å². The number of nitrogens with one attached hydrogen (secondary N) is 3. The van der Waals surface area contributed by atoms with Gasteiger partial charge in [0.2, 0.25) is 5.91 Å². The zero-order valence-electron chi connectivity index (χ0n) is 16.1. The third-order valence-electron chi connectivity index (χ3n) is 4.92. The number of carbonyl (C=O) groups excluding carboxylic acids is 2. The first-order valence-electron chi connectivity index (χ1n) is 9.52. The van der Waals surface area contributed by atoms with Crippen LogP contribution < -0.4 is 16.0 Å². The maximum absolute atomic E-state index is 12.6. The molecule has 1 aliphatic rings. The van der Waals surface area contributed by atoms with Gasteiger partial charge in [0, 0.05) is 24.6 Å². The number of aromatic nitrogens is 2. The van der Waals surface area contributed by atoms with Crippen LogP contribution in [0.2, 0.25) is 5.02 Å². The molecule has 0 atom stereocenters. The van der Waals surface area contributed by atoms with Gasteiger partial charge in [-0.2, -0.15) is 0 Å². The Labute approximate surface area is 178 Å². The van der Waals surface area contributed by atoms with E-state index in [0.29, 0.717) is 30.0 Å². The molecule has 1 aromatic heterocycles. The molecule has 3 aromatic rings. The lowest BCUT2D eigenvalue weighted by Crippen LogP contribution is -2.48. The van der Waals surface area contributed by atoms with Crippen molar-refractivity contribution in [2.24, 2.45) is 0 Å². The van der Waals surface area contributed by atoms with Gasteiger partial charge in [-0.3, -0.25) is 9.59 Å². The molecule has 0 unspecified atom stereocenters. The molecule has 2 amide bonds. The van der Waals surface area contributed by atoms with Gasteiger partial charge in [0.25, 0.3) is 5.91 Å². The van der Waals surface area contributed by atoms with Crippen LogP contribution in [0.15, 0.2) is 67.3 Å². The van der Waals surface area contributed by atoms with Gasteiger partial charge < -0.3 is 16.0 Å². The molecule has 7 nitrogen and oxygen atoms in total. The van der Waals surface area contributed by atoms with Gasteiger partial charge in [0.15, 0.2) is 0 Å². The van der Waals surface area contributed by atoms with Gasteiger partial charge in [-0.05, 0) is 42.7 Å². The Hall–Kier alpha value is -3.45. The SMILES string of the molecule is O=C(NC1(C(=O)NCc2ccc(Nc3ccccc3Cl)cc2)CC1)c1cncnc1. The van der Waals surface area contributed by atoms with Crippen LogP contribution in [-0.2, 0) is 11.3 Å². The third-order valence-corrected chi connectivity index (χ3v) is 5.25. The molecule has 0 aliphatic heterocycles. The van der Waals surface area contributed by atoms with E-state index in [1.54, 1.807) is 0 Å². The third kappa shape index (κ3) is 4.58. The van der Waals surface area contributed by atoms with Crippen LogP contribution in [0.25, 0.3) is 0 Å². The van der Waals surface area contributed by atoms with E-state index in [4.69, 9.17) is 11.6 Å². The molecule has 8 heteroatoms. The highest BCUT2D eigenvalue weighted by molar-refractivity contribution is 6.33. The molecule has 4 rings (SSSR count). The number of hydrogen-bond donors (Lipinski definition) is 3. The number of carbonyl (C=O) groups is 2. The Bertz CT molecular complexity index is 1050. The van der Waals surface area contributed by atoms with Crippen molar-refractivity contribution in [2.45, 2.75) is 24.9 Å². The Kier molecular flexibility index (Phi) is 5.63. The number of rotatable bonds is 7. The molecule has 0 spiro atoms. The lowest BCUT2D eigenvalue weighted by molar-refractivity contribution is -0.124. The Balaban J connectivity index is 1.31. The highest BCUT2D eigenvalue weighted by Gasteiger charge is 2.51. The van der Waals surface area contributed by atoms with Gasteiger partial charge in [0.05, 0.1) is 16.3 Å². The summed E-state index contributed by atoms with van der Waals surface area (Å²) < 4.78 is 0. The van der Waals surface area contributed by atoms with E-state index < -0.39 is 5.54 Å². The summed E-state index contributed by atoms with van der Waals surface area (Å²) in [5.74, 6) is -0.538. The van der Waals surface area contributed by atoms with Crippen molar-refractivity contribution in [1.82, 2.24) is 20.6 Å². The van der Waals surface area contributed by atoms with E-state index in [-0.39, 0.29) is 11.8 Å². The second-order valence-electron chi connectivity index (χ2n) is 7.15. The standard InChI is InChI=1S/C22H20ClN5O2/c23-18-3-1-2-4-19(18)27-17-7-5-15(6-8-17)11-26-21(30)22(9-10-22)28-20(29)16-12-24-14-25-13-16/h1-8,12-14,27H,9-11H2,(H,26,30)(H,28,29). The molecule has 0 saturated heterocycles. The van der Waals surface area contributed by atoms with Crippen molar-refractivity contribution in [3.63, 3.8) is 0 Å². The van der Waals surface area contributed by atoms with Gasteiger partial charge >= 0.3 is 0 Å². The summed E-state index contributed by atoms with van der Waals surface area (Å²) in [6.45, 7) is 0.372. The van der Waals surface area contributed by atoms with E-state index in [9.17, 15) is 9.59 Å². The minimum absolute atomic E-state index is 0.189. The quantitative estimate of drug-likeness (QED) is 0.543. The predicted molar refractivity (Wildman–Crippen MR) is 114 cm³/mol. The summed E-state index contributed by atoms with van der Waals surface area (Å²) in [5.41, 5.74) is 2.16. The molecule has 1 aliphatic carbocycles. The topological polar surface area (TPSA) is 96.0 Å². The summed E-state index contributed by atoms with van der Waals surface area (Å²) in [4.78, 5) is 32.6. The van der Waals surface area contributed by atoms with Crippen molar-refractivity contribution in [3.05, 3.63) is 83.4 Å². The number of para-hydroxylation sites is 1. The summed E-state index contributed by atoms with van der Waals surface area (Å²) in [7, 11) is 0. The molecule has 0 radical (unpaired) electrons. The second kappa shape index (κ2) is 8.51. The van der Waals surface area contributed by atoms with Crippen molar-refractivity contribution >= 4 is 34.8 Å². The van der Waals surface area contributed by atoms with Crippen molar-refractivity contribution in [3.8, 4) is 0 Å². The lowest BCUT2D eigenvalue weighted by Gasteiger charge is -2.17. The average molecular weight is 422 g/mol. The molecule has 1 heterocycles. The molecular weight excluding hydrogens is 402 g/mol. The van der Waals surface area contributed by atoms with Crippen molar-refractivity contribution in [2.75, 3.05) is 5.32 Å². The second-order valence-corrected chi connectivity index (χ2v) is 7.56. The van der Waals surface area contributed by atoms with Crippen molar-refractivity contribution in [1.29, 1.82) is 0 Å². The molecule has 1 fully saturated rings. The predicted octanol–water partition coefficient (Wildman–Crippen LogP) is 3.45. The van der Waals surface area contributed by atoms with Crippen LogP contribution in [0.3, 0.4) is 0 Å². The van der Waals surface area contributed by atoms with Crippen LogP contribution in [0, 0.1) is 0 Å². The molecule has 30 heavy (non-hydrogen) atoms. The zero-order chi connectivity index (χ0) is 21.0. The number of hydrogen-bond acceptors (Lipinski definition) is 5. The Morgan fingerprint density at radius 2 is 1.70 bits per heavy atom. The van der Waals surface area contributed by atoms with Gasteiger partial charge in [-0.15, -0.1) is 0 Å².